The molecule has 2 N–H and O–H groups in total. The van der Waals surface area contributed by atoms with Crippen LogP contribution in [0.2, 0.25) is 0 Å². The lowest BCUT2D eigenvalue weighted by atomic mass is 10.1. The van der Waals surface area contributed by atoms with Gasteiger partial charge in [0.1, 0.15) is 5.75 Å². The van der Waals surface area contributed by atoms with Crippen molar-refractivity contribution < 1.29 is 9.53 Å². The second kappa shape index (κ2) is 12.3. The van der Waals surface area contributed by atoms with Crippen LogP contribution in [0.4, 0.5) is 0 Å². The molecule has 170 valence electrons. The van der Waals surface area contributed by atoms with E-state index in [2.05, 4.69) is 46.1 Å². The first-order valence-electron chi connectivity index (χ1n) is 10.6. The number of fused-ring (bicyclic) bond motifs is 1. The Balaban J connectivity index is 0.00000341. The second-order valence-electron chi connectivity index (χ2n) is 7.76. The molecule has 31 heavy (non-hydrogen) atoms. The van der Waals surface area contributed by atoms with E-state index >= 15 is 0 Å². The Bertz CT molecular complexity index is 897. The number of guanidine groups is 1. The number of rotatable bonds is 7. The first kappa shape index (κ1) is 25.5. The normalized spacial score (nSPS) is 13.5. The predicted molar refractivity (Wildman–Crippen MR) is 139 cm³/mol. The van der Waals surface area contributed by atoms with Crippen molar-refractivity contribution in [3.63, 3.8) is 0 Å². The first-order chi connectivity index (χ1) is 14.5. The molecule has 0 unspecified atom stereocenters. The quantitative estimate of drug-likeness (QED) is 0.306. The number of benzene rings is 1. The van der Waals surface area contributed by atoms with Crippen molar-refractivity contribution in [1.82, 2.24) is 15.5 Å². The molecule has 0 bridgehead atoms. The summed E-state index contributed by atoms with van der Waals surface area (Å²) in [6.07, 6.45) is 1.05. The fourth-order valence-corrected chi connectivity index (χ4v) is 4.28. The van der Waals surface area contributed by atoms with Crippen LogP contribution in [0.3, 0.4) is 0 Å². The summed E-state index contributed by atoms with van der Waals surface area (Å²) in [5.41, 5.74) is 3.46. The molecule has 0 fully saturated rings. The minimum Gasteiger partial charge on any atom is -0.491 e. The number of carbonyl (C=O) groups excluding carboxylic acids is 1. The average Bonchev–Trinajstić information content (AvgIpc) is 3.18. The predicted octanol–water partition coefficient (Wildman–Crippen LogP) is 4.10. The number of aryl methyl sites for hydroxylation is 1. The number of thiophene rings is 1. The van der Waals surface area contributed by atoms with E-state index in [-0.39, 0.29) is 42.5 Å². The molecule has 0 spiro atoms. The summed E-state index contributed by atoms with van der Waals surface area (Å²) in [7, 11) is 0. The Kier molecular flexibility index (Phi) is 10.1. The number of hydrogen-bond donors (Lipinski definition) is 2. The molecule has 1 aromatic heterocycles. The summed E-state index contributed by atoms with van der Waals surface area (Å²) in [4.78, 5) is 20.7. The number of nitrogens with one attached hydrogen (secondary N) is 2. The van der Waals surface area contributed by atoms with E-state index in [1.807, 2.05) is 31.7 Å². The summed E-state index contributed by atoms with van der Waals surface area (Å²) in [5.74, 6) is 1.59. The van der Waals surface area contributed by atoms with E-state index in [0.29, 0.717) is 19.0 Å². The van der Waals surface area contributed by atoms with Gasteiger partial charge >= 0.3 is 0 Å². The molecule has 3 rings (SSSR count). The Morgan fingerprint density at radius 2 is 2.10 bits per heavy atom. The van der Waals surface area contributed by atoms with Gasteiger partial charge in [-0.1, -0.05) is 12.1 Å². The number of ether oxygens (including phenoxy) is 1. The summed E-state index contributed by atoms with van der Waals surface area (Å²) >= 11 is 1.78. The van der Waals surface area contributed by atoms with Crippen LogP contribution in [0, 0.1) is 6.92 Å². The Hall–Kier alpha value is -1.81. The standard InChI is InChI=1S/C23H32N4O2S.HI/c1-5-24-23(25-13-18-7-6-17(4)12-20(18)29-16(2)3)26-14-22(28)27-10-8-21-19(15-27)9-11-30-21;/h6-7,9,11-12,16H,5,8,10,13-15H2,1-4H3,(H2,24,25,26);1H. The average molecular weight is 557 g/mol. The van der Waals surface area contributed by atoms with Crippen LogP contribution in [0.25, 0.3) is 0 Å². The number of halogens is 1. The number of carbonyl (C=O) groups is 1. The zero-order valence-corrected chi connectivity index (χ0v) is 21.9. The van der Waals surface area contributed by atoms with E-state index in [1.54, 1.807) is 11.3 Å². The molecule has 8 heteroatoms. The fourth-order valence-electron chi connectivity index (χ4n) is 3.39. The van der Waals surface area contributed by atoms with Crippen molar-refractivity contribution in [2.75, 3.05) is 19.6 Å². The van der Waals surface area contributed by atoms with E-state index in [4.69, 9.17) is 4.74 Å². The van der Waals surface area contributed by atoms with Gasteiger partial charge in [0, 0.05) is 30.1 Å². The zero-order chi connectivity index (χ0) is 21.5. The molecule has 6 nitrogen and oxygen atoms in total. The van der Waals surface area contributed by atoms with E-state index in [0.717, 1.165) is 36.4 Å². The van der Waals surface area contributed by atoms with Gasteiger partial charge in [0.05, 0.1) is 19.2 Å². The minimum absolute atomic E-state index is 0. The molecule has 1 amide bonds. The van der Waals surface area contributed by atoms with Crippen LogP contribution >= 0.6 is 35.3 Å². The van der Waals surface area contributed by atoms with Crippen molar-refractivity contribution in [3.8, 4) is 5.75 Å². The number of hydrogen-bond acceptors (Lipinski definition) is 4. The van der Waals surface area contributed by atoms with Gasteiger partial charge in [0.15, 0.2) is 5.96 Å². The van der Waals surface area contributed by atoms with Crippen LogP contribution in [-0.2, 0) is 24.3 Å². The molecule has 0 saturated heterocycles. The lowest BCUT2D eigenvalue weighted by Gasteiger charge is -2.27. The Morgan fingerprint density at radius 3 is 2.84 bits per heavy atom. The van der Waals surface area contributed by atoms with Gasteiger partial charge in [0.25, 0.3) is 0 Å². The highest BCUT2D eigenvalue weighted by atomic mass is 127. The van der Waals surface area contributed by atoms with Crippen molar-refractivity contribution in [3.05, 3.63) is 51.2 Å². The van der Waals surface area contributed by atoms with Crippen molar-refractivity contribution in [2.45, 2.75) is 53.3 Å². The fraction of sp³-hybridized carbons (Fsp3) is 0.478. The molecule has 0 saturated carbocycles. The molecular formula is C23H33IN4O2S. The molecule has 2 heterocycles. The number of nitrogens with zero attached hydrogens (tertiary/aromatic N) is 2. The van der Waals surface area contributed by atoms with Crippen LogP contribution in [0.15, 0.2) is 34.6 Å². The minimum atomic E-state index is 0. The largest absolute Gasteiger partial charge is 0.491 e. The van der Waals surface area contributed by atoms with Gasteiger partial charge in [-0.05, 0) is 62.8 Å². The van der Waals surface area contributed by atoms with E-state index < -0.39 is 0 Å². The van der Waals surface area contributed by atoms with Crippen LogP contribution in [-0.4, -0.2) is 42.5 Å². The second-order valence-corrected chi connectivity index (χ2v) is 8.76. The van der Waals surface area contributed by atoms with Gasteiger partial charge in [-0.2, -0.15) is 0 Å². The Morgan fingerprint density at radius 1 is 1.29 bits per heavy atom. The third-order valence-corrected chi connectivity index (χ3v) is 5.93. The third-order valence-electron chi connectivity index (χ3n) is 4.90. The van der Waals surface area contributed by atoms with Gasteiger partial charge in [0.2, 0.25) is 5.91 Å². The van der Waals surface area contributed by atoms with E-state index in [9.17, 15) is 4.79 Å². The lowest BCUT2D eigenvalue weighted by Crippen LogP contribution is -2.45. The summed E-state index contributed by atoms with van der Waals surface area (Å²) in [6, 6.07) is 8.29. The molecule has 1 aliphatic heterocycles. The van der Waals surface area contributed by atoms with E-state index in [1.165, 1.54) is 10.4 Å². The molecule has 0 radical (unpaired) electrons. The summed E-state index contributed by atoms with van der Waals surface area (Å²) < 4.78 is 5.95. The van der Waals surface area contributed by atoms with Crippen molar-refractivity contribution >= 4 is 47.2 Å². The van der Waals surface area contributed by atoms with Gasteiger partial charge < -0.3 is 20.3 Å². The maximum Gasteiger partial charge on any atom is 0.242 e. The highest BCUT2D eigenvalue weighted by Crippen LogP contribution is 2.24. The summed E-state index contributed by atoms with van der Waals surface area (Å²) in [6.45, 7) is 11.0. The highest BCUT2D eigenvalue weighted by Gasteiger charge is 2.21. The topological polar surface area (TPSA) is 66.0 Å². The van der Waals surface area contributed by atoms with Gasteiger partial charge in [-0.15, -0.1) is 35.3 Å². The lowest BCUT2D eigenvalue weighted by molar-refractivity contribution is -0.130. The van der Waals surface area contributed by atoms with Crippen molar-refractivity contribution in [2.24, 2.45) is 4.99 Å². The Labute approximate surface area is 206 Å². The highest BCUT2D eigenvalue weighted by molar-refractivity contribution is 14.0. The monoisotopic (exact) mass is 556 g/mol. The first-order valence-corrected chi connectivity index (χ1v) is 11.5. The smallest absolute Gasteiger partial charge is 0.242 e. The molecule has 1 aliphatic rings. The number of aliphatic imine (C=N–C) groups is 1. The van der Waals surface area contributed by atoms with Gasteiger partial charge in [-0.3, -0.25) is 4.79 Å². The summed E-state index contributed by atoms with van der Waals surface area (Å²) in [5, 5.41) is 8.52. The maximum absolute atomic E-state index is 12.7. The molecular weight excluding hydrogens is 523 g/mol. The van der Waals surface area contributed by atoms with Crippen molar-refractivity contribution in [1.29, 1.82) is 0 Å². The zero-order valence-electron chi connectivity index (χ0n) is 18.7. The maximum atomic E-state index is 12.7. The molecule has 0 aliphatic carbocycles. The number of amides is 1. The van der Waals surface area contributed by atoms with Crippen LogP contribution in [0.1, 0.15) is 42.3 Å². The SMILES string of the molecule is CCNC(=NCc1ccc(C)cc1OC(C)C)NCC(=O)N1CCc2sccc2C1.I. The van der Waals surface area contributed by atoms with Crippen LogP contribution in [0.5, 0.6) is 5.75 Å². The van der Waals surface area contributed by atoms with Gasteiger partial charge in [-0.25, -0.2) is 4.99 Å². The molecule has 1 aromatic carbocycles. The third kappa shape index (κ3) is 7.38. The molecule has 2 aromatic rings. The molecule has 0 atom stereocenters. The van der Waals surface area contributed by atoms with Crippen LogP contribution < -0.4 is 15.4 Å².